The van der Waals surface area contributed by atoms with E-state index in [1.54, 1.807) is 0 Å². The van der Waals surface area contributed by atoms with Crippen LogP contribution in [0.2, 0.25) is 0 Å². The lowest BCUT2D eigenvalue weighted by Crippen LogP contribution is -2.65. The van der Waals surface area contributed by atoms with Crippen molar-refractivity contribution in [2.45, 2.75) is 107 Å². The van der Waals surface area contributed by atoms with Gasteiger partial charge in [-0.2, -0.15) is 0 Å². The van der Waals surface area contributed by atoms with E-state index in [1.165, 1.54) is 19.3 Å². The van der Waals surface area contributed by atoms with E-state index >= 15 is 0 Å². The number of β-amino-alcohol motifs (C(OH)–C–C–N with tert-alkyl or cyclic N) is 1. The molecule has 5 fully saturated rings. The van der Waals surface area contributed by atoms with Gasteiger partial charge in [-0.1, -0.05) is 13.8 Å². The Balaban J connectivity index is 1.42. The van der Waals surface area contributed by atoms with Crippen molar-refractivity contribution in [3.05, 3.63) is 0 Å². The normalized spacial score (nSPS) is 47.5. The smallest absolute Gasteiger partial charge is 0.194 e. The molecular weight excluding hydrogens is 462 g/mol. The summed E-state index contributed by atoms with van der Waals surface area (Å²) >= 11 is 0. The van der Waals surface area contributed by atoms with Crippen LogP contribution in [0.15, 0.2) is 0 Å². The van der Waals surface area contributed by atoms with Crippen molar-refractivity contribution in [3.8, 4) is 0 Å². The number of carbonyl (C=O) groups excluding carboxylic acids is 1. The Labute approximate surface area is 205 Å². The Morgan fingerprint density at radius 2 is 1.63 bits per heavy atom. The van der Waals surface area contributed by atoms with Crippen molar-refractivity contribution in [2.24, 2.45) is 16.7 Å². The Morgan fingerprint density at radius 1 is 1.00 bits per heavy atom. The third-order valence-electron chi connectivity index (χ3n) is 8.57. The predicted molar refractivity (Wildman–Crippen MR) is 121 cm³/mol. The fourth-order valence-electron chi connectivity index (χ4n) is 8.02. The number of ketones is 1. The summed E-state index contributed by atoms with van der Waals surface area (Å²) in [6.07, 6.45) is -6.69. The van der Waals surface area contributed by atoms with Crippen LogP contribution in [0.1, 0.15) is 52.4 Å². The number of nitrogens with one attached hydrogen (secondary N) is 1. The molecule has 11 heteroatoms. The summed E-state index contributed by atoms with van der Waals surface area (Å²) in [6, 6.07) is 0. The minimum absolute atomic E-state index is 0.0651. The molecular formula is C24H41NO10. The van der Waals surface area contributed by atoms with Gasteiger partial charge in [0.15, 0.2) is 12.1 Å². The molecule has 0 aromatic rings. The summed E-state index contributed by atoms with van der Waals surface area (Å²) in [7, 11) is 0. The summed E-state index contributed by atoms with van der Waals surface area (Å²) in [5, 5.41) is 73.4. The molecule has 11 nitrogen and oxygen atoms in total. The third-order valence-corrected chi connectivity index (χ3v) is 8.57. The minimum atomic E-state index is -1.79. The maximum absolute atomic E-state index is 13.1. The lowest BCUT2D eigenvalue weighted by Gasteiger charge is -2.65. The first-order chi connectivity index (χ1) is 16.3. The van der Waals surface area contributed by atoms with Gasteiger partial charge < -0.3 is 50.5 Å². The number of ether oxygens (including phenoxy) is 2. The quantitative estimate of drug-likeness (QED) is 0.161. The van der Waals surface area contributed by atoms with Crippen LogP contribution in [0.5, 0.6) is 0 Å². The highest BCUT2D eigenvalue weighted by molar-refractivity contribution is 5.88. The number of hydrogen-bond acceptors (Lipinski definition) is 11. The van der Waals surface area contributed by atoms with Gasteiger partial charge in [0.25, 0.3) is 0 Å². The van der Waals surface area contributed by atoms with Crippen molar-refractivity contribution in [1.82, 2.24) is 5.32 Å². The molecule has 1 heterocycles. The van der Waals surface area contributed by atoms with Crippen molar-refractivity contribution >= 4 is 5.78 Å². The van der Waals surface area contributed by atoms with Crippen LogP contribution in [0.3, 0.4) is 0 Å². The molecule has 8 N–H and O–H groups in total. The molecule has 4 unspecified atom stereocenters. The van der Waals surface area contributed by atoms with Gasteiger partial charge in [0.2, 0.25) is 0 Å². The number of hydrogen-bond donors (Lipinski definition) is 8. The minimum Gasteiger partial charge on any atom is -0.394 e. The first-order valence-corrected chi connectivity index (χ1v) is 12.5. The van der Waals surface area contributed by atoms with Crippen LogP contribution in [0, 0.1) is 16.7 Å². The average molecular weight is 504 g/mol. The second-order valence-electron chi connectivity index (χ2n) is 12.2. The molecule has 5 aliphatic rings. The van der Waals surface area contributed by atoms with Crippen LogP contribution < -0.4 is 5.32 Å². The van der Waals surface area contributed by atoms with Gasteiger partial charge in [-0.15, -0.1) is 0 Å². The van der Waals surface area contributed by atoms with Gasteiger partial charge in [0.1, 0.15) is 42.7 Å². The number of rotatable bonds is 10. The van der Waals surface area contributed by atoms with Crippen LogP contribution >= 0.6 is 0 Å². The molecule has 0 spiro atoms. The van der Waals surface area contributed by atoms with Crippen LogP contribution in [0.4, 0.5) is 0 Å². The van der Waals surface area contributed by atoms with E-state index in [-0.39, 0.29) is 22.9 Å². The van der Waals surface area contributed by atoms with E-state index in [2.05, 4.69) is 19.2 Å². The molecule has 5 rings (SSSR count). The first-order valence-electron chi connectivity index (χ1n) is 12.5. The highest BCUT2D eigenvalue weighted by Crippen LogP contribution is 2.66. The van der Waals surface area contributed by atoms with Crippen LogP contribution in [-0.2, 0) is 14.3 Å². The Hall–Kier alpha value is -0.730. The zero-order valence-corrected chi connectivity index (χ0v) is 20.4. The molecule has 4 aliphatic carbocycles. The molecule has 4 bridgehead atoms. The highest BCUT2D eigenvalue weighted by atomic mass is 16.7. The summed E-state index contributed by atoms with van der Waals surface area (Å²) < 4.78 is 10.7. The van der Waals surface area contributed by atoms with E-state index in [9.17, 15) is 40.5 Å². The van der Waals surface area contributed by atoms with Crippen molar-refractivity contribution < 1.29 is 50.0 Å². The van der Waals surface area contributed by atoms with Crippen molar-refractivity contribution in [1.29, 1.82) is 0 Å². The van der Waals surface area contributed by atoms with Gasteiger partial charge in [0, 0.05) is 12.1 Å². The Bertz CT molecular complexity index is 761. The maximum atomic E-state index is 13.1. The Morgan fingerprint density at radius 3 is 2.17 bits per heavy atom. The van der Waals surface area contributed by atoms with E-state index in [1.807, 2.05) is 0 Å². The number of aliphatic hydroxyl groups excluding tert-OH is 7. The van der Waals surface area contributed by atoms with E-state index < -0.39 is 68.0 Å². The first kappa shape index (κ1) is 27.3. The van der Waals surface area contributed by atoms with Crippen LogP contribution in [-0.4, -0.2) is 116 Å². The molecule has 202 valence electrons. The summed E-state index contributed by atoms with van der Waals surface area (Å²) in [5.41, 5.74) is 0.295. The zero-order valence-electron chi connectivity index (χ0n) is 20.4. The molecule has 0 aromatic heterocycles. The van der Waals surface area contributed by atoms with Gasteiger partial charge >= 0.3 is 0 Å². The summed E-state index contributed by atoms with van der Waals surface area (Å²) in [4.78, 5) is 13.1. The van der Waals surface area contributed by atoms with Gasteiger partial charge in [0.05, 0.1) is 13.2 Å². The molecule has 0 aromatic carbocycles. The molecule has 0 radical (unpaired) electrons. The number of aliphatic hydroxyl groups is 7. The fourth-order valence-corrected chi connectivity index (χ4v) is 8.02. The van der Waals surface area contributed by atoms with E-state index in [0.717, 1.165) is 19.3 Å². The third kappa shape index (κ3) is 5.31. The number of Topliss-reactive ketones (excluding diaryl/α,β-unsaturated/α-hetero) is 1. The SMILES string of the molecule is CC12CC3CC(C)(C1)CC(NCC(O)C(=O)C(O[C@@H]1O[C@H](CO)[C@@H](O)[C@H](O)[C@H]1O)[C@H](O)CO)(C3)C2. The van der Waals surface area contributed by atoms with Gasteiger partial charge in [-0.3, -0.25) is 4.79 Å². The molecule has 0 amide bonds. The van der Waals surface area contributed by atoms with E-state index in [4.69, 9.17) is 9.47 Å². The Kier molecular flexibility index (Phi) is 7.70. The van der Waals surface area contributed by atoms with Crippen molar-refractivity contribution in [3.63, 3.8) is 0 Å². The molecule has 1 saturated heterocycles. The van der Waals surface area contributed by atoms with Gasteiger partial charge in [-0.25, -0.2) is 0 Å². The van der Waals surface area contributed by atoms with Crippen molar-refractivity contribution in [2.75, 3.05) is 19.8 Å². The molecule has 4 saturated carbocycles. The average Bonchev–Trinajstić information content (AvgIpc) is 2.77. The lowest BCUT2D eigenvalue weighted by molar-refractivity contribution is -0.314. The van der Waals surface area contributed by atoms with Gasteiger partial charge in [-0.05, 0) is 55.3 Å². The van der Waals surface area contributed by atoms with Crippen LogP contribution in [0.25, 0.3) is 0 Å². The van der Waals surface area contributed by atoms with E-state index in [0.29, 0.717) is 5.92 Å². The largest absolute Gasteiger partial charge is 0.394 e. The number of carbonyl (C=O) groups is 1. The zero-order chi connectivity index (χ0) is 25.8. The topological polar surface area (TPSA) is 189 Å². The highest BCUT2D eigenvalue weighted by Gasteiger charge is 2.60. The standard InChI is InChI=1S/C24H41NO10/c1-22-3-12-4-23(2,9-22)11-24(5-12,10-22)25-6-13(28)16(30)20(14(29)7-26)35-21-19(33)18(32)17(31)15(8-27)34-21/h12-15,17-21,25-29,31-33H,3-11H2,1-2H3/t12?,13?,14-,15-,17-,18+,19-,20?,21+,22?,23?,24?/m1/s1. The second kappa shape index (κ2) is 9.86. The fraction of sp³-hybridized carbons (Fsp3) is 0.958. The summed E-state index contributed by atoms with van der Waals surface area (Å²) in [5.74, 6) is -0.307. The monoisotopic (exact) mass is 503 g/mol. The summed E-state index contributed by atoms with van der Waals surface area (Å²) in [6.45, 7) is 3.01. The molecule has 35 heavy (non-hydrogen) atoms. The predicted octanol–water partition coefficient (Wildman–Crippen LogP) is -2.21. The lowest BCUT2D eigenvalue weighted by atomic mass is 9.43. The maximum Gasteiger partial charge on any atom is 0.194 e. The molecule has 1 aliphatic heterocycles. The molecule has 10 atom stereocenters. The second-order valence-corrected chi connectivity index (χ2v) is 12.2.